The zero-order valence-electron chi connectivity index (χ0n) is 10.2. The molecule has 0 nitrogen and oxygen atoms in total. The van der Waals surface area contributed by atoms with Crippen LogP contribution < -0.4 is 0 Å². The van der Waals surface area contributed by atoms with E-state index in [0.29, 0.717) is 5.56 Å². The van der Waals surface area contributed by atoms with Gasteiger partial charge in [-0.05, 0) is 23.8 Å². The second-order valence-electron chi connectivity index (χ2n) is 4.22. The average Bonchev–Trinajstić information content (AvgIpc) is 2.36. The van der Waals surface area contributed by atoms with E-state index in [1.165, 1.54) is 18.2 Å². The van der Waals surface area contributed by atoms with Gasteiger partial charge in [0.05, 0.1) is 15.6 Å². The maximum atomic E-state index is 13.3. The summed E-state index contributed by atoms with van der Waals surface area (Å²) in [5.74, 6) is 0. The van der Waals surface area contributed by atoms with Crippen LogP contribution >= 0.6 is 50.7 Å². The van der Waals surface area contributed by atoms with Gasteiger partial charge in [-0.3, -0.25) is 0 Å². The zero-order valence-corrected chi connectivity index (χ0v) is 14.1. The Kier molecular flexibility index (Phi) is 5.14. The van der Waals surface area contributed by atoms with Crippen LogP contribution in [0.1, 0.15) is 11.1 Å². The first-order valence-electron chi connectivity index (χ1n) is 5.65. The molecule has 21 heavy (non-hydrogen) atoms. The minimum absolute atomic E-state index is 0.0338. The molecular weight excluding hydrogens is 411 g/mol. The molecule has 0 aliphatic rings. The van der Waals surface area contributed by atoms with Crippen molar-refractivity contribution in [2.75, 3.05) is 0 Å². The third-order valence-electron chi connectivity index (χ3n) is 2.86. The molecule has 2 aromatic rings. The largest absolute Gasteiger partial charge is 0.417 e. The summed E-state index contributed by atoms with van der Waals surface area (Å²) in [4.78, 5) is 0. The van der Waals surface area contributed by atoms with Crippen LogP contribution in [0.2, 0.25) is 15.1 Å². The van der Waals surface area contributed by atoms with Crippen molar-refractivity contribution in [2.45, 2.75) is 11.5 Å². The topological polar surface area (TPSA) is 0 Å². The molecule has 0 heterocycles. The molecule has 0 saturated heterocycles. The summed E-state index contributed by atoms with van der Waals surface area (Å²) in [5.41, 5.74) is -0.250. The lowest BCUT2D eigenvalue weighted by Gasteiger charge is -2.18. The van der Waals surface area contributed by atoms with E-state index in [2.05, 4.69) is 15.9 Å². The van der Waals surface area contributed by atoms with Gasteiger partial charge < -0.3 is 0 Å². The van der Waals surface area contributed by atoms with E-state index in [0.717, 1.165) is 6.07 Å². The standard InChI is InChI=1S/C14H7BrCl3F3/c15-6-7-2-1-3-9(14(19,20)21)12(7)13-10(17)4-8(16)5-11(13)18/h1-5H,6H2. The number of hydrogen-bond donors (Lipinski definition) is 0. The van der Waals surface area contributed by atoms with Crippen molar-refractivity contribution in [3.8, 4) is 11.1 Å². The van der Waals surface area contributed by atoms with Crippen molar-refractivity contribution < 1.29 is 13.2 Å². The van der Waals surface area contributed by atoms with Crippen LogP contribution in [0.5, 0.6) is 0 Å². The Bertz CT molecular complexity index is 661. The van der Waals surface area contributed by atoms with E-state index in [1.807, 2.05) is 0 Å². The molecule has 0 aromatic heterocycles. The average molecular weight is 418 g/mol. The van der Waals surface area contributed by atoms with Gasteiger partial charge in [-0.2, -0.15) is 13.2 Å². The Balaban J connectivity index is 2.86. The molecule has 0 unspecified atom stereocenters. The minimum atomic E-state index is -4.51. The lowest BCUT2D eigenvalue weighted by molar-refractivity contribution is -0.137. The normalized spacial score (nSPS) is 11.8. The fourth-order valence-corrected chi connectivity index (χ4v) is 3.50. The molecule has 0 N–H and O–H groups in total. The minimum Gasteiger partial charge on any atom is -0.166 e. The van der Waals surface area contributed by atoms with Gasteiger partial charge in [0.1, 0.15) is 0 Å². The first-order chi connectivity index (χ1) is 9.75. The molecule has 0 fully saturated rings. The summed E-state index contributed by atoms with van der Waals surface area (Å²) in [6, 6.07) is 6.68. The zero-order chi connectivity index (χ0) is 15.8. The van der Waals surface area contributed by atoms with Gasteiger partial charge in [0.15, 0.2) is 0 Å². The third kappa shape index (κ3) is 3.50. The summed E-state index contributed by atoms with van der Waals surface area (Å²) in [6.07, 6.45) is -4.51. The summed E-state index contributed by atoms with van der Waals surface area (Å²) in [7, 11) is 0. The van der Waals surface area contributed by atoms with Crippen LogP contribution in [0.25, 0.3) is 11.1 Å². The van der Waals surface area contributed by atoms with Gasteiger partial charge in [0, 0.05) is 21.5 Å². The quantitative estimate of drug-likeness (QED) is 0.452. The van der Waals surface area contributed by atoms with Gasteiger partial charge in [-0.1, -0.05) is 62.9 Å². The molecule has 2 rings (SSSR count). The van der Waals surface area contributed by atoms with Crippen LogP contribution in [0.15, 0.2) is 30.3 Å². The third-order valence-corrected chi connectivity index (χ3v) is 4.28. The van der Waals surface area contributed by atoms with E-state index in [4.69, 9.17) is 34.8 Å². The van der Waals surface area contributed by atoms with Crippen LogP contribution in [-0.4, -0.2) is 0 Å². The Morgan fingerprint density at radius 3 is 2.00 bits per heavy atom. The molecule has 0 aliphatic carbocycles. The Labute approximate surface area is 142 Å². The van der Waals surface area contributed by atoms with Crippen molar-refractivity contribution in [2.24, 2.45) is 0 Å². The smallest absolute Gasteiger partial charge is 0.166 e. The Morgan fingerprint density at radius 1 is 0.952 bits per heavy atom. The number of hydrogen-bond acceptors (Lipinski definition) is 0. The van der Waals surface area contributed by atoms with Gasteiger partial charge >= 0.3 is 6.18 Å². The molecule has 0 saturated carbocycles. The van der Waals surface area contributed by atoms with Gasteiger partial charge in [-0.15, -0.1) is 0 Å². The second kappa shape index (κ2) is 6.37. The number of benzene rings is 2. The molecule has 0 radical (unpaired) electrons. The van der Waals surface area contributed by atoms with Crippen molar-refractivity contribution in [3.63, 3.8) is 0 Å². The monoisotopic (exact) mass is 416 g/mol. The fraction of sp³-hybridized carbons (Fsp3) is 0.143. The highest BCUT2D eigenvalue weighted by Crippen LogP contribution is 2.45. The molecule has 2 aromatic carbocycles. The van der Waals surface area contributed by atoms with E-state index in [-0.39, 0.29) is 31.5 Å². The van der Waals surface area contributed by atoms with Gasteiger partial charge in [0.2, 0.25) is 0 Å². The molecule has 0 spiro atoms. The first-order valence-corrected chi connectivity index (χ1v) is 7.91. The van der Waals surface area contributed by atoms with Crippen LogP contribution in [0.3, 0.4) is 0 Å². The van der Waals surface area contributed by atoms with Crippen molar-refractivity contribution in [1.29, 1.82) is 0 Å². The number of rotatable bonds is 2. The van der Waals surface area contributed by atoms with Crippen LogP contribution in [-0.2, 0) is 11.5 Å². The maximum Gasteiger partial charge on any atom is 0.417 e. The summed E-state index contributed by atoms with van der Waals surface area (Å²) < 4.78 is 39.8. The van der Waals surface area contributed by atoms with Crippen LogP contribution in [0.4, 0.5) is 13.2 Å². The molecule has 112 valence electrons. The van der Waals surface area contributed by atoms with Crippen molar-refractivity contribution >= 4 is 50.7 Å². The highest BCUT2D eigenvalue weighted by Gasteiger charge is 2.35. The van der Waals surface area contributed by atoms with E-state index < -0.39 is 11.7 Å². The second-order valence-corrected chi connectivity index (χ2v) is 6.03. The highest BCUT2D eigenvalue weighted by atomic mass is 79.9. The summed E-state index contributed by atoms with van der Waals surface area (Å²) in [6.45, 7) is 0. The molecule has 7 heteroatoms. The number of alkyl halides is 4. The van der Waals surface area contributed by atoms with E-state index in [9.17, 15) is 13.2 Å². The Morgan fingerprint density at radius 2 is 1.52 bits per heavy atom. The van der Waals surface area contributed by atoms with Crippen LogP contribution in [0, 0.1) is 0 Å². The summed E-state index contributed by atoms with van der Waals surface area (Å²) >= 11 is 21.1. The highest BCUT2D eigenvalue weighted by molar-refractivity contribution is 9.08. The predicted molar refractivity (Wildman–Crippen MR) is 84.5 cm³/mol. The molecule has 0 amide bonds. The van der Waals surface area contributed by atoms with Crippen molar-refractivity contribution in [1.82, 2.24) is 0 Å². The maximum absolute atomic E-state index is 13.3. The van der Waals surface area contributed by atoms with E-state index in [1.54, 1.807) is 6.07 Å². The Hall–Kier alpha value is -0.420. The van der Waals surface area contributed by atoms with Gasteiger partial charge in [0.25, 0.3) is 0 Å². The van der Waals surface area contributed by atoms with Crippen molar-refractivity contribution in [3.05, 3.63) is 56.5 Å². The molecule has 0 atom stereocenters. The fourth-order valence-electron chi connectivity index (χ4n) is 2.02. The SMILES string of the molecule is FC(F)(F)c1cccc(CBr)c1-c1c(Cl)cc(Cl)cc1Cl. The summed E-state index contributed by atoms with van der Waals surface area (Å²) in [5, 5.41) is 0.651. The van der Waals surface area contributed by atoms with Gasteiger partial charge in [-0.25, -0.2) is 0 Å². The van der Waals surface area contributed by atoms with E-state index >= 15 is 0 Å². The lowest BCUT2D eigenvalue weighted by atomic mass is 9.94. The first kappa shape index (κ1) is 16.9. The predicted octanol–water partition coefficient (Wildman–Crippen LogP) is 7.23. The molecule has 0 aliphatic heterocycles. The number of halogens is 7. The lowest BCUT2D eigenvalue weighted by Crippen LogP contribution is -2.09. The molecule has 0 bridgehead atoms. The molecular formula is C14H7BrCl3F3.